The molecule has 0 fully saturated rings. The first kappa shape index (κ1) is 11.9. The molecule has 4 heteroatoms. The summed E-state index contributed by atoms with van der Waals surface area (Å²) in [5, 5.41) is 8.09. The average Bonchev–Trinajstić information content (AvgIpc) is 2.18. The molecular weight excluding hydrogens is 212 g/mol. The second-order valence-corrected chi connectivity index (χ2v) is 4.90. The van der Waals surface area contributed by atoms with E-state index in [4.69, 9.17) is 5.11 Å². The van der Waals surface area contributed by atoms with E-state index in [0.29, 0.717) is 11.3 Å². The zero-order chi connectivity index (χ0) is 11.4. The summed E-state index contributed by atoms with van der Waals surface area (Å²) in [6, 6.07) is 7.17. The zero-order valence-corrected chi connectivity index (χ0v) is 9.58. The van der Waals surface area contributed by atoms with Crippen molar-refractivity contribution in [3.05, 3.63) is 29.8 Å². The van der Waals surface area contributed by atoms with Crippen molar-refractivity contribution in [2.24, 2.45) is 0 Å². The Bertz CT molecular complexity index is 387. The second kappa shape index (κ2) is 5.07. The third-order valence-electron chi connectivity index (χ3n) is 2.21. The average molecular weight is 226 g/mol. The third kappa shape index (κ3) is 2.65. The highest BCUT2D eigenvalue weighted by Crippen LogP contribution is 2.17. The molecule has 82 valence electrons. The van der Waals surface area contributed by atoms with Crippen LogP contribution in [0.15, 0.2) is 29.2 Å². The molecular formula is C11H14O3S. The molecule has 0 saturated carbocycles. The van der Waals surface area contributed by atoms with Gasteiger partial charge in [-0.1, -0.05) is 25.1 Å². The molecule has 0 saturated heterocycles. The Morgan fingerprint density at radius 1 is 1.47 bits per heavy atom. The fraction of sp³-hybridized carbons (Fsp3) is 0.364. The molecule has 0 aliphatic rings. The molecule has 0 amide bonds. The first-order valence-electron chi connectivity index (χ1n) is 4.77. The Labute approximate surface area is 91.6 Å². The largest absolute Gasteiger partial charge is 0.480 e. The summed E-state index contributed by atoms with van der Waals surface area (Å²) in [7, 11) is -1.46. The molecule has 0 bridgehead atoms. The molecule has 2 atom stereocenters. The van der Waals surface area contributed by atoms with Crippen molar-refractivity contribution >= 4 is 16.8 Å². The third-order valence-corrected chi connectivity index (χ3v) is 4.16. The number of carboxylic acids is 1. The quantitative estimate of drug-likeness (QED) is 0.854. The van der Waals surface area contributed by atoms with Crippen LogP contribution in [0.2, 0.25) is 0 Å². The van der Waals surface area contributed by atoms with Crippen molar-refractivity contribution in [3.8, 4) is 0 Å². The van der Waals surface area contributed by atoms with E-state index in [1.54, 1.807) is 19.1 Å². The summed E-state index contributed by atoms with van der Waals surface area (Å²) in [4.78, 5) is 11.5. The fourth-order valence-electron chi connectivity index (χ4n) is 1.35. The standard InChI is InChI=1S/C11H14O3S/c1-3-9(11(12)13)15(14)10-7-5-4-6-8(10)2/h4-7,9H,3H2,1-2H3,(H,12,13). The number of aliphatic carboxylic acids is 1. The number of hydrogen-bond donors (Lipinski definition) is 1. The van der Waals surface area contributed by atoms with Gasteiger partial charge in [-0.05, 0) is 25.0 Å². The van der Waals surface area contributed by atoms with E-state index in [0.717, 1.165) is 5.56 Å². The number of carbonyl (C=O) groups is 1. The summed E-state index contributed by atoms with van der Waals surface area (Å²) < 4.78 is 12.0. The molecule has 1 rings (SSSR count). The summed E-state index contributed by atoms with van der Waals surface area (Å²) in [5.41, 5.74) is 0.871. The van der Waals surface area contributed by atoms with Gasteiger partial charge < -0.3 is 5.11 Å². The Balaban J connectivity index is 3.03. The van der Waals surface area contributed by atoms with E-state index < -0.39 is 22.0 Å². The lowest BCUT2D eigenvalue weighted by Gasteiger charge is -2.11. The molecule has 0 aliphatic heterocycles. The van der Waals surface area contributed by atoms with E-state index in [2.05, 4.69) is 0 Å². The lowest BCUT2D eigenvalue weighted by molar-refractivity contribution is -0.136. The molecule has 0 aromatic heterocycles. The first-order chi connectivity index (χ1) is 7.07. The fourth-order valence-corrected chi connectivity index (χ4v) is 2.74. The van der Waals surface area contributed by atoms with Crippen molar-refractivity contribution in [1.82, 2.24) is 0 Å². The molecule has 2 unspecified atom stereocenters. The maximum absolute atomic E-state index is 12.0. The minimum Gasteiger partial charge on any atom is -0.480 e. The van der Waals surface area contributed by atoms with E-state index in [-0.39, 0.29) is 0 Å². The number of hydrogen-bond acceptors (Lipinski definition) is 2. The monoisotopic (exact) mass is 226 g/mol. The van der Waals surface area contributed by atoms with Gasteiger partial charge in [0.25, 0.3) is 0 Å². The van der Waals surface area contributed by atoms with Gasteiger partial charge >= 0.3 is 5.97 Å². The summed E-state index contributed by atoms with van der Waals surface area (Å²) in [6.07, 6.45) is 0.371. The van der Waals surface area contributed by atoms with Crippen LogP contribution in [0.1, 0.15) is 18.9 Å². The highest BCUT2D eigenvalue weighted by atomic mass is 32.2. The maximum atomic E-state index is 12.0. The number of carboxylic acid groups (broad SMARTS) is 1. The lowest BCUT2D eigenvalue weighted by atomic mass is 10.2. The van der Waals surface area contributed by atoms with Gasteiger partial charge in [-0.2, -0.15) is 0 Å². The van der Waals surface area contributed by atoms with Crippen LogP contribution in [0.3, 0.4) is 0 Å². The highest BCUT2D eigenvalue weighted by molar-refractivity contribution is 7.86. The van der Waals surface area contributed by atoms with Gasteiger partial charge in [0, 0.05) is 4.90 Å². The van der Waals surface area contributed by atoms with Gasteiger partial charge in [0.1, 0.15) is 5.25 Å². The smallest absolute Gasteiger partial charge is 0.319 e. The minimum absolute atomic E-state index is 0.371. The summed E-state index contributed by atoms with van der Waals surface area (Å²) >= 11 is 0. The van der Waals surface area contributed by atoms with Gasteiger partial charge in [0.2, 0.25) is 0 Å². The molecule has 1 N–H and O–H groups in total. The van der Waals surface area contributed by atoms with E-state index >= 15 is 0 Å². The Morgan fingerprint density at radius 2 is 2.07 bits per heavy atom. The molecule has 0 radical (unpaired) electrons. The van der Waals surface area contributed by atoms with Crippen molar-refractivity contribution in [2.75, 3.05) is 0 Å². The van der Waals surface area contributed by atoms with Crippen LogP contribution in [0.4, 0.5) is 0 Å². The molecule has 0 spiro atoms. The molecule has 1 aromatic carbocycles. The molecule has 15 heavy (non-hydrogen) atoms. The minimum atomic E-state index is -1.46. The van der Waals surface area contributed by atoms with Gasteiger partial charge in [0.05, 0.1) is 10.8 Å². The van der Waals surface area contributed by atoms with Crippen molar-refractivity contribution in [2.45, 2.75) is 30.4 Å². The normalized spacial score (nSPS) is 14.5. The van der Waals surface area contributed by atoms with Crippen LogP contribution in [0, 0.1) is 6.92 Å². The molecule has 0 aliphatic carbocycles. The maximum Gasteiger partial charge on any atom is 0.319 e. The number of benzene rings is 1. The summed E-state index contributed by atoms with van der Waals surface area (Å²) in [6.45, 7) is 3.57. The molecule has 0 heterocycles. The Kier molecular flexibility index (Phi) is 4.03. The van der Waals surface area contributed by atoms with E-state index in [1.165, 1.54) is 0 Å². The van der Waals surface area contributed by atoms with Gasteiger partial charge in [-0.15, -0.1) is 0 Å². The lowest BCUT2D eigenvalue weighted by Crippen LogP contribution is -2.25. The SMILES string of the molecule is CCC(C(=O)O)S(=O)c1ccccc1C. The van der Waals surface area contributed by atoms with Crippen LogP contribution in [-0.4, -0.2) is 20.5 Å². The van der Waals surface area contributed by atoms with E-state index in [9.17, 15) is 9.00 Å². The number of aryl methyl sites for hydroxylation is 1. The van der Waals surface area contributed by atoms with Crippen molar-refractivity contribution in [3.63, 3.8) is 0 Å². The topological polar surface area (TPSA) is 54.4 Å². The van der Waals surface area contributed by atoms with Crippen LogP contribution >= 0.6 is 0 Å². The molecule has 3 nitrogen and oxygen atoms in total. The number of rotatable bonds is 4. The highest BCUT2D eigenvalue weighted by Gasteiger charge is 2.24. The van der Waals surface area contributed by atoms with Crippen LogP contribution in [-0.2, 0) is 15.6 Å². The van der Waals surface area contributed by atoms with Crippen molar-refractivity contribution < 1.29 is 14.1 Å². The first-order valence-corrected chi connectivity index (χ1v) is 5.98. The van der Waals surface area contributed by atoms with Gasteiger partial charge in [-0.3, -0.25) is 9.00 Å². The Morgan fingerprint density at radius 3 is 2.53 bits per heavy atom. The predicted molar refractivity (Wildman–Crippen MR) is 59.3 cm³/mol. The van der Waals surface area contributed by atoms with Crippen LogP contribution in [0.25, 0.3) is 0 Å². The van der Waals surface area contributed by atoms with E-state index in [1.807, 2.05) is 19.1 Å². The van der Waals surface area contributed by atoms with Gasteiger partial charge in [0.15, 0.2) is 0 Å². The second-order valence-electron chi connectivity index (χ2n) is 3.30. The molecule has 1 aromatic rings. The Hall–Kier alpha value is -1.16. The van der Waals surface area contributed by atoms with Gasteiger partial charge in [-0.25, -0.2) is 0 Å². The zero-order valence-electron chi connectivity index (χ0n) is 8.77. The predicted octanol–water partition coefficient (Wildman–Crippen LogP) is 1.97. The van der Waals surface area contributed by atoms with Crippen LogP contribution in [0.5, 0.6) is 0 Å². The van der Waals surface area contributed by atoms with Crippen molar-refractivity contribution in [1.29, 1.82) is 0 Å². The van der Waals surface area contributed by atoms with Crippen LogP contribution < -0.4 is 0 Å². The summed E-state index contributed by atoms with van der Waals surface area (Å²) in [5.74, 6) is -1.00.